The van der Waals surface area contributed by atoms with Gasteiger partial charge in [0.25, 0.3) is 0 Å². The number of hydrogen-bond acceptors (Lipinski definition) is 5. The predicted molar refractivity (Wildman–Crippen MR) is 398 cm³/mol. The molecule has 0 aromatic heterocycles. The number of nitrogens with one attached hydrogen (secondary N) is 1. The molecule has 90 heavy (non-hydrogen) atoms. The molecule has 0 saturated carbocycles. The van der Waals surface area contributed by atoms with Crippen LogP contribution in [0.3, 0.4) is 0 Å². The first-order valence-electron chi connectivity index (χ1n) is 42.3. The summed E-state index contributed by atoms with van der Waals surface area (Å²) in [6, 6.07) is -0.536. The van der Waals surface area contributed by atoms with Crippen LogP contribution < -0.4 is 5.32 Å². The zero-order chi connectivity index (χ0) is 64.9. The van der Waals surface area contributed by atoms with Crippen LogP contribution in [0.15, 0.2) is 0 Å². The Morgan fingerprint density at radius 2 is 0.456 bits per heavy atom. The molecule has 0 aliphatic rings. The number of rotatable bonds is 81. The van der Waals surface area contributed by atoms with E-state index >= 15 is 0 Å². The van der Waals surface area contributed by atoms with Crippen molar-refractivity contribution >= 4 is 11.9 Å². The lowest BCUT2D eigenvalue weighted by molar-refractivity contribution is -0.143. The van der Waals surface area contributed by atoms with Crippen molar-refractivity contribution in [1.82, 2.24) is 5.32 Å². The minimum absolute atomic E-state index is 0.0236. The zero-order valence-corrected chi connectivity index (χ0v) is 61.9. The molecule has 538 valence electrons. The lowest BCUT2D eigenvalue weighted by atomic mass is 10.0. The molecule has 0 radical (unpaired) electrons. The van der Waals surface area contributed by atoms with Crippen LogP contribution in [0.4, 0.5) is 0 Å². The third-order valence-electron chi connectivity index (χ3n) is 20.4. The number of aliphatic hydroxyl groups excluding tert-OH is 2. The number of amides is 1. The van der Waals surface area contributed by atoms with Gasteiger partial charge in [0, 0.05) is 12.8 Å². The summed E-state index contributed by atoms with van der Waals surface area (Å²) in [6.45, 7) is 5.02. The number of esters is 1. The van der Waals surface area contributed by atoms with Gasteiger partial charge in [-0.25, -0.2) is 0 Å². The van der Waals surface area contributed by atoms with Gasteiger partial charge in [0.2, 0.25) is 5.91 Å². The first kappa shape index (κ1) is 88.9. The average Bonchev–Trinajstić information content (AvgIpc) is 3.69. The summed E-state index contributed by atoms with van der Waals surface area (Å²) in [5, 5.41) is 23.4. The summed E-state index contributed by atoms with van der Waals surface area (Å²) in [7, 11) is 0. The summed E-state index contributed by atoms with van der Waals surface area (Å²) >= 11 is 0. The minimum Gasteiger partial charge on any atom is -0.466 e. The quantitative estimate of drug-likeness (QED) is 0.0417. The van der Waals surface area contributed by atoms with E-state index in [1.54, 1.807) is 0 Å². The van der Waals surface area contributed by atoms with Gasteiger partial charge in [-0.05, 0) is 25.7 Å². The molecule has 0 heterocycles. The predicted octanol–water partition coefficient (Wildman–Crippen LogP) is 28.1. The lowest BCUT2D eigenvalue weighted by Gasteiger charge is -2.22. The van der Waals surface area contributed by atoms with Crippen LogP contribution in [-0.2, 0) is 14.3 Å². The molecule has 3 N–H and O–H groups in total. The molecule has 0 aromatic rings. The standard InChI is InChI=1S/C84H167NO5/c1-3-5-7-9-11-13-15-17-19-44-48-52-56-60-64-68-72-76-82(87)81(80-86)85-83(88)77-73-69-65-61-57-53-49-46-42-40-38-36-34-32-30-28-26-24-22-21-23-25-27-29-31-33-35-37-39-41-43-47-51-55-59-63-67-71-75-79-90-84(89)78-74-70-66-62-58-54-50-45-20-18-16-14-12-10-8-6-4-2/h81-82,86-87H,3-80H2,1-2H3,(H,85,88). The van der Waals surface area contributed by atoms with Gasteiger partial charge < -0.3 is 20.3 Å². The van der Waals surface area contributed by atoms with E-state index in [9.17, 15) is 19.8 Å². The van der Waals surface area contributed by atoms with E-state index in [0.717, 1.165) is 38.5 Å². The number of carbonyl (C=O) groups is 2. The van der Waals surface area contributed by atoms with E-state index in [-0.39, 0.29) is 18.5 Å². The molecule has 0 aromatic carbocycles. The second-order valence-electron chi connectivity index (χ2n) is 29.5. The fourth-order valence-corrected chi connectivity index (χ4v) is 14.0. The third-order valence-corrected chi connectivity index (χ3v) is 20.4. The van der Waals surface area contributed by atoms with Crippen LogP contribution in [-0.4, -0.2) is 47.4 Å². The van der Waals surface area contributed by atoms with Crippen molar-refractivity contribution in [3.05, 3.63) is 0 Å². The number of hydrogen-bond donors (Lipinski definition) is 3. The van der Waals surface area contributed by atoms with Crippen LogP contribution in [0, 0.1) is 0 Å². The molecule has 0 spiro atoms. The summed E-state index contributed by atoms with van der Waals surface area (Å²) in [5.41, 5.74) is 0. The minimum atomic E-state index is -0.659. The average molecular weight is 1270 g/mol. The molecule has 0 fully saturated rings. The highest BCUT2D eigenvalue weighted by Gasteiger charge is 2.20. The first-order chi connectivity index (χ1) is 44.5. The first-order valence-corrected chi connectivity index (χ1v) is 42.3. The third kappa shape index (κ3) is 75.9. The largest absolute Gasteiger partial charge is 0.466 e. The van der Waals surface area contributed by atoms with E-state index < -0.39 is 12.1 Å². The molecule has 1 amide bonds. The highest BCUT2D eigenvalue weighted by atomic mass is 16.5. The Kier molecular flexibility index (Phi) is 79.3. The molecule has 0 aliphatic carbocycles. The smallest absolute Gasteiger partial charge is 0.305 e. The highest BCUT2D eigenvalue weighted by Crippen LogP contribution is 2.21. The second-order valence-corrected chi connectivity index (χ2v) is 29.5. The molecular weight excluding hydrogens is 1100 g/mol. The fraction of sp³-hybridized carbons (Fsp3) is 0.976. The van der Waals surface area contributed by atoms with Gasteiger partial charge in [-0.15, -0.1) is 0 Å². The Hall–Kier alpha value is -1.14. The van der Waals surface area contributed by atoms with E-state index in [2.05, 4.69) is 19.2 Å². The molecule has 2 unspecified atom stereocenters. The molecule has 6 nitrogen and oxygen atoms in total. The van der Waals surface area contributed by atoms with Gasteiger partial charge >= 0.3 is 5.97 Å². The van der Waals surface area contributed by atoms with E-state index in [0.29, 0.717) is 25.9 Å². The van der Waals surface area contributed by atoms with Crippen molar-refractivity contribution < 1.29 is 24.5 Å². The van der Waals surface area contributed by atoms with Crippen molar-refractivity contribution in [2.45, 2.75) is 514 Å². The second kappa shape index (κ2) is 80.3. The zero-order valence-electron chi connectivity index (χ0n) is 61.9. The van der Waals surface area contributed by atoms with Gasteiger partial charge in [-0.3, -0.25) is 9.59 Å². The van der Waals surface area contributed by atoms with Gasteiger partial charge in [-0.1, -0.05) is 463 Å². The topological polar surface area (TPSA) is 95.9 Å². The maximum Gasteiger partial charge on any atom is 0.305 e. The lowest BCUT2D eigenvalue weighted by Crippen LogP contribution is -2.45. The van der Waals surface area contributed by atoms with Crippen LogP contribution in [0.1, 0.15) is 502 Å². The molecule has 0 rings (SSSR count). The number of carbonyl (C=O) groups excluding carboxylic acids is 2. The van der Waals surface area contributed by atoms with E-state index in [1.165, 1.54) is 430 Å². The van der Waals surface area contributed by atoms with E-state index in [1.807, 2.05) is 0 Å². The van der Waals surface area contributed by atoms with Crippen LogP contribution >= 0.6 is 0 Å². The Labute approximate surface area is 566 Å². The number of unbranched alkanes of at least 4 members (excludes halogenated alkanes) is 70. The molecule has 6 heteroatoms. The van der Waals surface area contributed by atoms with Crippen molar-refractivity contribution in [3.63, 3.8) is 0 Å². The maximum atomic E-state index is 12.5. The summed E-state index contributed by atoms with van der Waals surface area (Å²) < 4.78 is 5.52. The van der Waals surface area contributed by atoms with Gasteiger partial charge in [0.15, 0.2) is 0 Å². The van der Waals surface area contributed by atoms with E-state index in [4.69, 9.17) is 4.74 Å². The van der Waals surface area contributed by atoms with Crippen molar-refractivity contribution in [1.29, 1.82) is 0 Å². The number of aliphatic hydroxyl groups is 2. The molecule has 0 bridgehead atoms. The Morgan fingerprint density at radius 1 is 0.267 bits per heavy atom. The fourth-order valence-electron chi connectivity index (χ4n) is 14.0. The molecule has 2 atom stereocenters. The maximum absolute atomic E-state index is 12.5. The normalized spacial score (nSPS) is 12.4. The van der Waals surface area contributed by atoms with Crippen molar-refractivity contribution in [2.24, 2.45) is 0 Å². The Balaban J connectivity index is 3.27. The molecule has 0 aliphatic heterocycles. The van der Waals surface area contributed by atoms with Gasteiger partial charge in [0.05, 0.1) is 25.4 Å². The molecule has 0 saturated heterocycles. The number of ether oxygens (including phenoxy) is 1. The Bertz CT molecular complexity index is 1320. The van der Waals surface area contributed by atoms with Gasteiger partial charge in [-0.2, -0.15) is 0 Å². The summed E-state index contributed by atoms with van der Waals surface area (Å²) in [5.74, 6) is 0.00597. The van der Waals surface area contributed by atoms with Crippen LogP contribution in [0.25, 0.3) is 0 Å². The highest BCUT2D eigenvalue weighted by molar-refractivity contribution is 5.76. The summed E-state index contributed by atoms with van der Waals surface area (Å²) in [6.07, 6.45) is 101. The molecular formula is C84H167NO5. The van der Waals surface area contributed by atoms with Crippen LogP contribution in [0.2, 0.25) is 0 Å². The SMILES string of the molecule is CCCCCCCCCCCCCCCCCCCC(=O)OCCCCCCCCCCCCCCCCCCCCCCCCCCCCCCCCCCCCCCCCCC(=O)NC(CO)C(O)CCCCCCCCCCCCCCCCCCC. The van der Waals surface area contributed by atoms with Crippen molar-refractivity contribution in [2.75, 3.05) is 13.2 Å². The van der Waals surface area contributed by atoms with Gasteiger partial charge in [0.1, 0.15) is 0 Å². The van der Waals surface area contributed by atoms with Crippen molar-refractivity contribution in [3.8, 4) is 0 Å². The van der Waals surface area contributed by atoms with Crippen LogP contribution in [0.5, 0.6) is 0 Å². The Morgan fingerprint density at radius 3 is 0.678 bits per heavy atom. The summed E-state index contributed by atoms with van der Waals surface area (Å²) in [4.78, 5) is 24.7. The monoisotopic (exact) mass is 1270 g/mol.